The molecule has 1 atom stereocenters. The highest BCUT2D eigenvalue weighted by atomic mass is 16.5. The number of benzene rings is 2. The molecule has 0 spiro atoms. The minimum Gasteiger partial charge on any atom is -0.493 e. The van der Waals surface area contributed by atoms with E-state index in [9.17, 15) is 4.79 Å². The maximum atomic E-state index is 13.5. The van der Waals surface area contributed by atoms with Crippen molar-refractivity contribution in [3.63, 3.8) is 0 Å². The Balaban J connectivity index is 1.61. The van der Waals surface area contributed by atoms with Crippen LogP contribution in [0.25, 0.3) is 11.4 Å². The lowest BCUT2D eigenvalue weighted by Gasteiger charge is -2.28. The molecule has 188 valence electrons. The third kappa shape index (κ3) is 4.44. The predicted molar refractivity (Wildman–Crippen MR) is 139 cm³/mol. The van der Waals surface area contributed by atoms with Gasteiger partial charge in [0.2, 0.25) is 11.7 Å². The number of ether oxygens (including phenoxy) is 3. The summed E-state index contributed by atoms with van der Waals surface area (Å²) in [6, 6.07) is 16.3. The van der Waals surface area contributed by atoms with Crippen LogP contribution in [-0.2, 0) is 4.79 Å². The molecule has 2 aromatic heterocycles. The number of fused-ring (bicyclic) bond motifs is 1. The highest BCUT2D eigenvalue weighted by Crippen LogP contribution is 2.42. The molecule has 0 saturated carbocycles. The Hall–Kier alpha value is -4.86. The molecule has 0 bridgehead atoms. The third-order valence-electron chi connectivity index (χ3n) is 6.05. The highest BCUT2D eigenvalue weighted by Gasteiger charge is 2.34. The maximum absolute atomic E-state index is 13.5. The first kappa shape index (κ1) is 23.9. The molecule has 0 aliphatic carbocycles. The zero-order valence-electron chi connectivity index (χ0n) is 20.9. The van der Waals surface area contributed by atoms with Crippen LogP contribution in [0.2, 0.25) is 0 Å². The Morgan fingerprint density at radius 3 is 2.35 bits per heavy atom. The van der Waals surface area contributed by atoms with Gasteiger partial charge in [0.05, 0.1) is 38.8 Å². The number of anilines is 2. The predicted octanol–water partition coefficient (Wildman–Crippen LogP) is 4.29. The number of allylic oxidation sites excluding steroid dienone is 1. The van der Waals surface area contributed by atoms with Gasteiger partial charge < -0.3 is 24.8 Å². The summed E-state index contributed by atoms with van der Waals surface area (Å²) in [6.45, 7) is 1.85. The number of pyridine rings is 1. The number of rotatable bonds is 7. The average Bonchev–Trinajstić information content (AvgIpc) is 3.36. The lowest BCUT2D eigenvalue weighted by molar-refractivity contribution is -0.113. The van der Waals surface area contributed by atoms with E-state index in [1.54, 1.807) is 62.7 Å². The molecule has 5 rings (SSSR count). The number of carbonyl (C=O) groups excluding carboxylic acids is 1. The molecule has 10 nitrogen and oxygen atoms in total. The molecule has 2 N–H and O–H groups in total. The van der Waals surface area contributed by atoms with Gasteiger partial charge in [0.25, 0.3) is 5.91 Å². The van der Waals surface area contributed by atoms with Gasteiger partial charge in [-0.3, -0.25) is 9.78 Å². The Morgan fingerprint density at radius 1 is 1.00 bits per heavy atom. The van der Waals surface area contributed by atoms with Crippen molar-refractivity contribution >= 4 is 17.5 Å². The minimum atomic E-state index is -0.516. The minimum absolute atomic E-state index is 0.262. The van der Waals surface area contributed by atoms with Gasteiger partial charge in [0.1, 0.15) is 6.04 Å². The van der Waals surface area contributed by atoms with Crippen LogP contribution in [0.15, 0.2) is 78.3 Å². The second-order valence-corrected chi connectivity index (χ2v) is 8.29. The molecule has 4 aromatic rings. The Bertz CT molecular complexity index is 1440. The first-order valence-electron chi connectivity index (χ1n) is 11.5. The van der Waals surface area contributed by atoms with Crippen LogP contribution in [0.1, 0.15) is 18.5 Å². The van der Waals surface area contributed by atoms with Gasteiger partial charge in [0.15, 0.2) is 17.3 Å². The molecular weight excluding hydrogens is 472 g/mol. The molecule has 1 aliphatic rings. The number of amides is 1. The van der Waals surface area contributed by atoms with Crippen molar-refractivity contribution in [3.05, 3.63) is 83.8 Å². The lowest BCUT2D eigenvalue weighted by Crippen LogP contribution is -2.31. The van der Waals surface area contributed by atoms with Gasteiger partial charge in [-0.25, -0.2) is 4.68 Å². The fraction of sp³-hybridized carbons (Fsp3) is 0.185. The molecule has 10 heteroatoms. The summed E-state index contributed by atoms with van der Waals surface area (Å²) < 4.78 is 18.2. The number of nitrogens with one attached hydrogen (secondary N) is 2. The van der Waals surface area contributed by atoms with E-state index in [0.29, 0.717) is 51.5 Å². The van der Waals surface area contributed by atoms with E-state index in [4.69, 9.17) is 24.3 Å². The average molecular weight is 499 g/mol. The van der Waals surface area contributed by atoms with Crippen molar-refractivity contribution < 1.29 is 19.0 Å². The molecular formula is C27H26N6O4. The van der Waals surface area contributed by atoms with Gasteiger partial charge in [0, 0.05) is 17.5 Å². The molecule has 1 amide bonds. The van der Waals surface area contributed by atoms with Crippen LogP contribution in [0.4, 0.5) is 11.6 Å². The highest BCUT2D eigenvalue weighted by molar-refractivity contribution is 6.05. The zero-order chi connectivity index (χ0) is 25.9. The standard InChI is InChI=1S/C27H26N6O4/c1-16-22(26(34)30-19-11-8-12-28-15-19)23(17-9-6-5-7-10-17)33-27(29-16)31-25(32-33)18-13-20(35-2)24(37-4)21(14-18)36-3/h5-15,23H,1-4H3,(H,30,34)(H,29,31,32)/t23-/m1/s1. The largest absolute Gasteiger partial charge is 0.493 e. The van der Waals surface area contributed by atoms with E-state index >= 15 is 0 Å². The first-order valence-corrected chi connectivity index (χ1v) is 11.5. The molecule has 37 heavy (non-hydrogen) atoms. The molecule has 0 unspecified atom stereocenters. The number of aromatic nitrogens is 4. The van der Waals surface area contributed by atoms with Gasteiger partial charge >= 0.3 is 0 Å². The van der Waals surface area contributed by atoms with E-state index < -0.39 is 6.04 Å². The molecule has 3 heterocycles. The van der Waals surface area contributed by atoms with E-state index in [0.717, 1.165) is 5.56 Å². The summed E-state index contributed by atoms with van der Waals surface area (Å²) in [7, 11) is 4.66. The number of carbonyl (C=O) groups is 1. The van der Waals surface area contributed by atoms with E-state index in [1.807, 2.05) is 37.3 Å². The summed E-state index contributed by atoms with van der Waals surface area (Å²) in [6.07, 6.45) is 3.26. The van der Waals surface area contributed by atoms with Crippen LogP contribution in [0.5, 0.6) is 17.2 Å². The van der Waals surface area contributed by atoms with Crippen molar-refractivity contribution in [2.75, 3.05) is 32.0 Å². The summed E-state index contributed by atoms with van der Waals surface area (Å²) in [4.78, 5) is 22.4. The number of hydrogen-bond acceptors (Lipinski definition) is 8. The molecule has 2 aromatic carbocycles. The zero-order valence-corrected chi connectivity index (χ0v) is 20.9. The van der Waals surface area contributed by atoms with E-state index in [-0.39, 0.29) is 5.91 Å². The SMILES string of the molecule is COc1cc(-c2nc3n(n2)[C@H](c2ccccc2)C(C(=O)Nc2cccnc2)=C(C)N3)cc(OC)c1OC. The summed E-state index contributed by atoms with van der Waals surface area (Å²) in [5.41, 5.74) is 3.35. The van der Waals surface area contributed by atoms with Crippen LogP contribution < -0.4 is 24.8 Å². The summed E-state index contributed by atoms with van der Waals surface area (Å²) >= 11 is 0. The van der Waals surface area contributed by atoms with Gasteiger partial charge in [-0.05, 0) is 36.8 Å². The molecule has 1 aliphatic heterocycles. The molecule has 0 saturated heterocycles. The monoisotopic (exact) mass is 498 g/mol. The Morgan fingerprint density at radius 2 is 1.73 bits per heavy atom. The van der Waals surface area contributed by atoms with Crippen molar-refractivity contribution in [2.45, 2.75) is 13.0 Å². The Labute approximate surface area is 213 Å². The number of hydrogen-bond donors (Lipinski definition) is 2. The van der Waals surface area contributed by atoms with Crippen molar-refractivity contribution in [1.29, 1.82) is 0 Å². The van der Waals surface area contributed by atoms with Crippen LogP contribution in [0.3, 0.4) is 0 Å². The van der Waals surface area contributed by atoms with E-state index in [1.165, 1.54) is 0 Å². The third-order valence-corrected chi connectivity index (χ3v) is 6.05. The topological polar surface area (TPSA) is 112 Å². The second kappa shape index (κ2) is 10.0. The second-order valence-electron chi connectivity index (χ2n) is 8.29. The van der Waals surface area contributed by atoms with Crippen molar-refractivity contribution in [3.8, 4) is 28.6 Å². The number of nitrogens with zero attached hydrogens (tertiary/aromatic N) is 4. The van der Waals surface area contributed by atoms with Gasteiger partial charge in [-0.1, -0.05) is 30.3 Å². The first-order chi connectivity index (χ1) is 18.0. The lowest BCUT2D eigenvalue weighted by atomic mass is 9.95. The Kier molecular flexibility index (Phi) is 6.46. The fourth-order valence-corrected chi connectivity index (χ4v) is 4.36. The normalized spacial score (nSPS) is 14.4. The van der Waals surface area contributed by atoms with E-state index in [2.05, 4.69) is 15.6 Å². The van der Waals surface area contributed by atoms with Crippen LogP contribution >= 0.6 is 0 Å². The molecule has 0 fully saturated rings. The van der Waals surface area contributed by atoms with Crippen LogP contribution in [0, 0.1) is 0 Å². The number of methoxy groups -OCH3 is 3. The fourth-order valence-electron chi connectivity index (χ4n) is 4.36. The summed E-state index contributed by atoms with van der Waals surface area (Å²) in [5, 5.41) is 11.0. The van der Waals surface area contributed by atoms with Crippen molar-refractivity contribution in [1.82, 2.24) is 19.7 Å². The van der Waals surface area contributed by atoms with Crippen LogP contribution in [-0.4, -0.2) is 47.0 Å². The van der Waals surface area contributed by atoms with Crippen molar-refractivity contribution in [2.24, 2.45) is 0 Å². The van der Waals surface area contributed by atoms with Gasteiger partial charge in [-0.15, -0.1) is 5.10 Å². The summed E-state index contributed by atoms with van der Waals surface area (Å²) in [5.74, 6) is 2.13. The smallest absolute Gasteiger partial charge is 0.255 e. The molecule has 0 radical (unpaired) electrons. The quantitative estimate of drug-likeness (QED) is 0.388. The van der Waals surface area contributed by atoms with Gasteiger partial charge in [-0.2, -0.15) is 4.98 Å². The maximum Gasteiger partial charge on any atom is 0.255 e.